The molecule has 1 aromatic heterocycles. The maximum absolute atomic E-state index is 11.8. The maximum Gasteiger partial charge on any atom is 0.247 e. The van der Waals surface area contributed by atoms with Crippen LogP contribution in [0.4, 0.5) is 0 Å². The normalized spacial score (nSPS) is 16.3. The van der Waals surface area contributed by atoms with Crippen LogP contribution >= 0.6 is 0 Å². The molecule has 1 aromatic rings. The van der Waals surface area contributed by atoms with Crippen LogP contribution < -0.4 is 5.32 Å². The van der Waals surface area contributed by atoms with E-state index in [0.29, 0.717) is 13.1 Å². The summed E-state index contributed by atoms with van der Waals surface area (Å²) in [5, 5.41) is 6.67. The molecule has 0 spiro atoms. The fourth-order valence-electron chi connectivity index (χ4n) is 1.63. The van der Waals surface area contributed by atoms with Gasteiger partial charge in [-0.3, -0.25) is 14.3 Å². The monoisotopic (exact) mass is 234 g/mol. The zero-order valence-electron chi connectivity index (χ0n) is 9.59. The second-order valence-corrected chi connectivity index (χ2v) is 3.89. The van der Waals surface area contributed by atoms with Crippen LogP contribution in [0.1, 0.15) is 5.56 Å². The van der Waals surface area contributed by atoms with E-state index >= 15 is 0 Å². The first-order chi connectivity index (χ1) is 8.15. The summed E-state index contributed by atoms with van der Waals surface area (Å²) in [7, 11) is 1.81. The first-order valence-corrected chi connectivity index (χ1v) is 5.37. The number of rotatable bonds is 2. The summed E-state index contributed by atoms with van der Waals surface area (Å²) in [6.45, 7) is 1.21. The summed E-state index contributed by atoms with van der Waals surface area (Å²) in [5.74, 6) is -0.261. The van der Waals surface area contributed by atoms with Crippen LogP contribution in [0.15, 0.2) is 18.5 Å². The molecule has 1 aliphatic rings. The highest BCUT2D eigenvalue weighted by Gasteiger charge is 2.18. The Hall–Kier alpha value is -2.11. The van der Waals surface area contributed by atoms with E-state index in [1.165, 1.54) is 11.0 Å². The molecule has 6 heteroatoms. The van der Waals surface area contributed by atoms with Crippen LogP contribution in [-0.4, -0.2) is 46.1 Å². The molecule has 0 unspecified atom stereocenters. The molecule has 2 amide bonds. The third-order valence-electron chi connectivity index (χ3n) is 2.49. The average molecular weight is 234 g/mol. The Balaban J connectivity index is 1.96. The number of nitrogens with zero attached hydrogens (tertiary/aromatic N) is 3. The van der Waals surface area contributed by atoms with Crippen LogP contribution in [-0.2, 0) is 16.6 Å². The smallest absolute Gasteiger partial charge is 0.247 e. The van der Waals surface area contributed by atoms with Gasteiger partial charge in [-0.05, 0) is 6.08 Å². The van der Waals surface area contributed by atoms with E-state index < -0.39 is 0 Å². The third kappa shape index (κ3) is 2.93. The van der Waals surface area contributed by atoms with Crippen molar-refractivity contribution in [2.45, 2.75) is 0 Å². The van der Waals surface area contributed by atoms with Gasteiger partial charge in [0.1, 0.15) is 0 Å². The van der Waals surface area contributed by atoms with Crippen LogP contribution in [0.5, 0.6) is 0 Å². The van der Waals surface area contributed by atoms with Crippen molar-refractivity contribution >= 4 is 17.9 Å². The van der Waals surface area contributed by atoms with Crippen LogP contribution in [0, 0.1) is 0 Å². The van der Waals surface area contributed by atoms with Crippen molar-refractivity contribution in [3.63, 3.8) is 0 Å². The summed E-state index contributed by atoms with van der Waals surface area (Å²) >= 11 is 0. The molecule has 17 heavy (non-hydrogen) atoms. The standard InChI is InChI=1S/C11H14N4O2/c1-14-7-9(6-13-14)2-3-11(17)15-5-4-12-10(16)8-15/h2-3,6-7H,4-5,8H2,1H3,(H,12,16)/b3-2-. The van der Waals surface area contributed by atoms with Gasteiger partial charge in [0.2, 0.25) is 11.8 Å². The summed E-state index contributed by atoms with van der Waals surface area (Å²) in [6, 6.07) is 0. The number of nitrogens with one attached hydrogen (secondary N) is 1. The van der Waals surface area contributed by atoms with E-state index in [-0.39, 0.29) is 18.4 Å². The van der Waals surface area contributed by atoms with Gasteiger partial charge in [-0.2, -0.15) is 5.10 Å². The lowest BCUT2D eigenvalue weighted by molar-refractivity contribution is -0.134. The molecule has 0 atom stereocenters. The lowest BCUT2D eigenvalue weighted by Gasteiger charge is -2.25. The number of aryl methyl sites for hydroxylation is 1. The Bertz CT molecular complexity index is 464. The Labute approximate surface area is 98.9 Å². The predicted molar refractivity (Wildman–Crippen MR) is 61.8 cm³/mol. The fourth-order valence-corrected chi connectivity index (χ4v) is 1.63. The Kier molecular flexibility index (Phi) is 3.22. The molecule has 1 fully saturated rings. The van der Waals surface area contributed by atoms with E-state index in [0.717, 1.165) is 5.56 Å². The highest BCUT2D eigenvalue weighted by molar-refractivity contribution is 5.94. The van der Waals surface area contributed by atoms with Gasteiger partial charge < -0.3 is 10.2 Å². The molecule has 90 valence electrons. The van der Waals surface area contributed by atoms with Crippen molar-refractivity contribution in [3.8, 4) is 0 Å². The topological polar surface area (TPSA) is 67.2 Å². The zero-order chi connectivity index (χ0) is 12.3. The minimum Gasteiger partial charge on any atom is -0.353 e. The minimum atomic E-state index is -0.149. The number of carbonyl (C=O) groups is 2. The number of amides is 2. The largest absolute Gasteiger partial charge is 0.353 e. The molecule has 0 aromatic carbocycles. The predicted octanol–water partition coefficient (Wildman–Crippen LogP) is -0.608. The van der Waals surface area contributed by atoms with E-state index in [2.05, 4.69) is 10.4 Å². The quantitative estimate of drug-likeness (QED) is 0.694. The summed E-state index contributed by atoms with van der Waals surface area (Å²) in [6.07, 6.45) is 6.65. The lowest BCUT2D eigenvalue weighted by Crippen LogP contribution is -2.49. The maximum atomic E-state index is 11.8. The van der Waals surface area contributed by atoms with E-state index in [9.17, 15) is 9.59 Å². The van der Waals surface area contributed by atoms with Crippen molar-refractivity contribution in [3.05, 3.63) is 24.0 Å². The first kappa shape index (κ1) is 11.4. The van der Waals surface area contributed by atoms with Crippen molar-refractivity contribution in [2.24, 2.45) is 7.05 Å². The van der Waals surface area contributed by atoms with Crippen molar-refractivity contribution in [1.29, 1.82) is 0 Å². The van der Waals surface area contributed by atoms with Crippen molar-refractivity contribution in [2.75, 3.05) is 19.6 Å². The second-order valence-electron chi connectivity index (χ2n) is 3.89. The average Bonchev–Trinajstić information content (AvgIpc) is 2.72. The van der Waals surface area contributed by atoms with Gasteiger partial charge in [0.25, 0.3) is 0 Å². The highest BCUT2D eigenvalue weighted by atomic mass is 16.2. The molecule has 0 bridgehead atoms. The molecular formula is C11H14N4O2. The number of aromatic nitrogens is 2. The summed E-state index contributed by atoms with van der Waals surface area (Å²) in [4.78, 5) is 24.4. The molecule has 1 saturated heterocycles. The molecule has 0 saturated carbocycles. The van der Waals surface area contributed by atoms with E-state index in [1.54, 1.807) is 17.0 Å². The van der Waals surface area contributed by atoms with Crippen molar-refractivity contribution < 1.29 is 9.59 Å². The number of carbonyl (C=O) groups excluding carboxylic acids is 2. The van der Waals surface area contributed by atoms with Gasteiger partial charge in [-0.15, -0.1) is 0 Å². The van der Waals surface area contributed by atoms with Crippen LogP contribution in [0.3, 0.4) is 0 Å². The summed E-state index contributed by atoms with van der Waals surface area (Å²) < 4.78 is 1.67. The van der Waals surface area contributed by atoms with E-state index in [4.69, 9.17) is 0 Å². The van der Waals surface area contributed by atoms with Crippen molar-refractivity contribution in [1.82, 2.24) is 20.0 Å². The first-order valence-electron chi connectivity index (χ1n) is 5.37. The molecule has 2 heterocycles. The number of piperazine rings is 1. The molecule has 2 rings (SSSR count). The highest BCUT2D eigenvalue weighted by Crippen LogP contribution is 2.01. The van der Waals surface area contributed by atoms with E-state index in [1.807, 2.05) is 13.2 Å². The van der Waals surface area contributed by atoms with Gasteiger partial charge in [0.05, 0.1) is 12.7 Å². The van der Waals surface area contributed by atoms with Crippen LogP contribution in [0.25, 0.3) is 6.08 Å². The van der Waals surface area contributed by atoms with Gasteiger partial charge >= 0.3 is 0 Å². The number of hydrogen-bond acceptors (Lipinski definition) is 3. The molecule has 0 radical (unpaired) electrons. The Morgan fingerprint density at radius 2 is 2.41 bits per heavy atom. The Morgan fingerprint density at radius 1 is 1.59 bits per heavy atom. The van der Waals surface area contributed by atoms with Gasteiger partial charge in [-0.1, -0.05) is 0 Å². The molecule has 0 aliphatic carbocycles. The van der Waals surface area contributed by atoms with Gasteiger partial charge in [-0.25, -0.2) is 0 Å². The fraction of sp³-hybridized carbons (Fsp3) is 0.364. The zero-order valence-corrected chi connectivity index (χ0v) is 9.59. The van der Waals surface area contributed by atoms with Crippen LogP contribution in [0.2, 0.25) is 0 Å². The molecule has 1 N–H and O–H groups in total. The SMILES string of the molecule is Cn1cc(/C=C\C(=O)N2CCNC(=O)C2)cn1. The second kappa shape index (κ2) is 4.82. The Morgan fingerprint density at radius 3 is 3.06 bits per heavy atom. The molecule has 1 aliphatic heterocycles. The summed E-state index contributed by atoms with van der Waals surface area (Å²) in [5.41, 5.74) is 0.863. The third-order valence-corrected chi connectivity index (χ3v) is 2.49. The lowest BCUT2D eigenvalue weighted by atomic mass is 10.3. The van der Waals surface area contributed by atoms with Gasteiger partial charge in [0, 0.05) is 38.0 Å². The minimum absolute atomic E-state index is 0.112. The van der Waals surface area contributed by atoms with Gasteiger partial charge in [0.15, 0.2) is 0 Å². The number of hydrogen-bond donors (Lipinski definition) is 1. The molecular weight excluding hydrogens is 220 g/mol. The molecule has 6 nitrogen and oxygen atoms in total.